The minimum atomic E-state index is 0.420. The van der Waals surface area contributed by atoms with Gasteiger partial charge in [0.2, 0.25) is 0 Å². The Hall–Kier alpha value is -0.0800. The van der Waals surface area contributed by atoms with E-state index in [9.17, 15) is 0 Å². The van der Waals surface area contributed by atoms with Crippen molar-refractivity contribution in [2.24, 2.45) is 5.92 Å². The molecule has 2 heteroatoms. The summed E-state index contributed by atoms with van der Waals surface area (Å²) in [6.07, 6.45) is 5.57. The number of hydrogen-bond donors (Lipinski definition) is 0. The lowest BCUT2D eigenvalue weighted by atomic mass is 9.99. The molecule has 1 aliphatic rings. The van der Waals surface area contributed by atoms with Crippen LogP contribution in [0.4, 0.5) is 0 Å². The van der Waals surface area contributed by atoms with Gasteiger partial charge in [-0.3, -0.25) is 0 Å². The van der Waals surface area contributed by atoms with Crippen molar-refractivity contribution < 1.29 is 9.47 Å². The summed E-state index contributed by atoms with van der Waals surface area (Å²) in [7, 11) is 0. The molecular weight excluding hydrogens is 164 g/mol. The molecule has 1 unspecified atom stereocenters. The van der Waals surface area contributed by atoms with Crippen molar-refractivity contribution in [3.8, 4) is 0 Å². The summed E-state index contributed by atoms with van der Waals surface area (Å²) < 4.78 is 10.7. The Bertz CT molecular complexity index is 115. The van der Waals surface area contributed by atoms with E-state index in [2.05, 4.69) is 13.8 Å². The lowest BCUT2D eigenvalue weighted by Gasteiger charge is -2.14. The largest absolute Gasteiger partial charge is 0.378 e. The van der Waals surface area contributed by atoms with Gasteiger partial charge in [-0.25, -0.2) is 0 Å². The molecule has 1 atom stereocenters. The van der Waals surface area contributed by atoms with Crippen LogP contribution in [0, 0.1) is 5.92 Å². The number of hydrogen-bond acceptors (Lipinski definition) is 2. The van der Waals surface area contributed by atoms with Crippen LogP contribution in [0.3, 0.4) is 0 Å². The van der Waals surface area contributed by atoms with E-state index in [0.29, 0.717) is 6.10 Å². The molecule has 0 saturated carbocycles. The first-order chi connectivity index (χ1) is 6.36. The zero-order chi connectivity index (χ0) is 9.52. The van der Waals surface area contributed by atoms with Crippen molar-refractivity contribution in [2.45, 2.75) is 45.6 Å². The molecule has 1 heterocycles. The van der Waals surface area contributed by atoms with E-state index in [4.69, 9.17) is 9.47 Å². The van der Waals surface area contributed by atoms with Gasteiger partial charge in [0.1, 0.15) is 6.10 Å². The Morgan fingerprint density at radius 2 is 1.92 bits per heavy atom. The molecule has 0 amide bonds. The molecular formula is C11H22O2. The molecule has 0 aromatic heterocycles. The zero-order valence-corrected chi connectivity index (χ0v) is 8.92. The normalized spacial score (nSPS) is 21.0. The summed E-state index contributed by atoms with van der Waals surface area (Å²) in [5, 5.41) is 0. The van der Waals surface area contributed by atoms with E-state index in [-0.39, 0.29) is 0 Å². The van der Waals surface area contributed by atoms with Crippen molar-refractivity contribution in [3.05, 3.63) is 0 Å². The van der Waals surface area contributed by atoms with Crippen LogP contribution >= 0.6 is 0 Å². The maximum atomic E-state index is 5.60. The fourth-order valence-electron chi connectivity index (χ4n) is 1.66. The molecule has 78 valence electrons. The summed E-state index contributed by atoms with van der Waals surface area (Å²) in [4.78, 5) is 0. The van der Waals surface area contributed by atoms with Crippen LogP contribution in [0.25, 0.3) is 0 Å². The highest BCUT2D eigenvalue weighted by atomic mass is 16.6. The smallest absolute Gasteiger partial charge is 0.104 e. The molecule has 1 rings (SSSR count). The first kappa shape index (κ1) is 11.0. The van der Waals surface area contributed by atoms with Gasteiger partial charge in [0, 0.05) is 6.61 Å². The fourth-order valence-corrected chi connectivity index (χ4v) is 1.66. The van der Waals surface area contributed by atoms with Crippen molar-refractivity contribution in [1.29, 1.82) is 0 Å². The topological polar surface area (TPSA) is 21.8 Å². The quantitative estimate of drug-likeness (QED) is 0.543. The van der Waals surface area contributed by atoms with Gasteiger partial charge in [-0.2, -0.15) is 0 Å². The number of rotatable bonds is 8. The molecule has 0 aromatic rings. The predicted octanol–water partition coefficient (Wildman–Crippen LogP) is 2.62. The van der Waals surface area contributed by atoms with Crippen LogP contribution in [-0.4, -0.2) is 25.9 Å². The highest BCUT2D eigenvalue weighted by Crippen LogP contribution is 2.15. The molecule has 0 spiro atoms. The van der Waals surface area contributed by atoms with E-state index in [0.717, 1.165) is 25.7 Å². The Kier molecular flexibility index (Phi) is 5.40. The standard InChI is InChI=1S/C11H22O2/c1-3-5-10(6-4-2)7-12-8-11-9-13-11/h10-11H,3-9H2,1-2H3. The van der Waals surface area contributed by atoms with Crippen LogP contribution in [0.5, 0.6) is 0 Å². The Balaban J connectivity index is 1.98. The second-order valence-electron chi connectivity index (χ2n) is 3.94. The van der Waals surface area contributed by atoms with Crippen LogP contribution < -0.4 is 0 Å². The van der Waals surface area contributed by atoms with Gasteiger partial charge in [-0.15, -0.1) is 0 Å². The predicted molar refractivity (Wildman–Crippen MR) is 53.9 cm³/mol. The van der Waals surface area contributed by atoms with E-state index in [1.165, 1.54) is 25.7 Å². The molecule has 1 aliphatic heterocycles. The molecule has 0 radical (unpaired) electrons. The zero-order valence-electron chi connectivity index (χ0n) is 8.92. The lowest BCUT2D eigenvalue weighted by Crippen LogP contribution is -2.12. The van der Waals surface area contributed by atoms with Gasteiger partial charge < -0.3 is 9.47 Å². The van der Waals surface area contributed by atoms with E-state index < -0.39 is 0 Å². The van der Waals surface area contributed by atoms with Gasteiger partial charge in [-0.1, -0.05) is 26.7 Å². The summed E-state index contributed by atoms with van der Waals surface area (Å²) in [5.41, 5.74) is 0. The molecule has 1 saturated heterocycles. The third-order valence-electron chi connectivity index (χ3n) is 2.45. The summed E-state index contributed by atoms with van der Waals surface area (Å²) in [6, 6.07) is 0. The van der Waals surface area contributed by atoms with Gasteiger partial charge in [0.25, 0.3) is 0 Å². The fraction of sp³-hybridized carbons (Fsp3) is 1.00. The molecule has 0 bridgehead atoms. The van der Waals surface area contributed by atoms with Crippen LogP contribution in [0.15, 0.2) is 0 Å². The number of ether oxygens (including phenoxy) is 2. The maximum Gasteiger partial charge on any atom is 0.104 e. The highest BCUT2D eigenvalue weighted by molar-refractivity contribution is 4.68. The average molecular weight is 186 g/mol. The van der Waals surface area contributed by atoms with Crippen molar-refractivity contribution in [2.75, 3.05) is 19.8 Å². The van der Waals surface area contributed by atoms with Gasteiger partial charge in [-0.05, 0) is 18.8 Å². The van der Waals surface area contributed by atoms with Gasteiger partial charge in [0.15, 0.2) is 0 Å². The maximum absolute atomic E-state index is 5.60. The molecule has 13 heavy (non-hydrogen) atoms. The first-order valence-corrected chi connectivity index (χ1v) is 5.56. The van der Waals surface area contributed by atoms with Crippen molar-refractivity contribution in [1.82, 2.24) is 0 Å². The van der Waals surface area contributed by atoms with Crippen molar-refractivity contribution >= 4 is 0 Å². The average Bonchev–Trinajstić information content (AvgIpc) is 2.89. The third kappa shape index (κ3) is 5.27. The Morgan fingerprint density at radius 1 is 1.31 bits per heavy atom. The van der Waals surface area contributed by atoms with Crippen LogP contribution in [0.1, 0.15) is 39.5 Å². The second-order valence-corrected chi connectivity index (χ2v) is 3.94. The minimum Gasteiger partial charge on any atom is -0.378 e. The first-order valence-electron chi connectivity index (χ1n) is 5.56. The van der Waals surface area contributed by atoms with Crippen LogP contribution in [0.2, 0.25) is 0 Å². The van der Waals surface area contributed by atoms with Gasteiger partial charge in [0.05, 0.1) is 13.2 Å². The van der Waals surface area contributed by atoms with E-state index >= 15 is 0 Å². The molecule has 1 fully saturated rings. The van der Waals surface area contributed by atoms with E-state index in [1.807, 2.05) is 0 Å². The highest BCUT2D eigenvalue weighted by Gasteiger charge is 2.22. The SMILES string of the molecule is CCCC(CCC)COCC1CO1. The lowest BCUT2D eigenvalue weighted by molar-refractivity contribution is 0.0801. The van der Waals surface area contributed by atoms with Crippen molar-refractivity contribution in [3.63, 3.8) is 0 Å². The second kappa shape index (κ2) is 6.39. The van der Waals surface area contributed by atoms with Gasteiger partial charge >= 0.3 is 0 Å². The Labute approximate surface area is 81.6 Å². The van der Waals surface area contributed by atoms with E-state index in [1.54, 1.807) is 0 Å². The molecule has 0 aromatic carbocycles. The molecule has 0 N–H and O–H groups in total. The summed E-state index contributed by atoms with van der Waals surface area (Å²) in [6.45, 7) is 7.14. The molecule has 2 nitrogen and oxygen atoms in total. The number of epoxide rings is 1. The Morgan fingerprint density at radius 3 is 2.38 bits per heavy atom. The third-order valence-corrected chi connectivity index (χ3v) is 2.45. The molecule has 0 aliphatic carbocycles. The summed E-state index contributed by atoms with van der Waals surface area (Å²) in [5.74, 6) is 0.772. The van der Waals surface area contributed by atoms with Crippen LogP contribution in [-0.2, 0) is 9.47 Å². The monoisotopic (exact) mass is 186 g/mol. The minimum absolute atomic E-state index is 0.420. The summed E-state index contributed by atoms with van der Waals surface area (Å²) >= 11 is 0.